The quantitative estimate of drug-likeness (QED) is 0.0996. The van der Waals surface area contributed by atoms with Gasteiger partial charge in [-0.15, -0.1) is 0 Å². The van der Waals surface area contributed by atoms with Gasteiger partial charge in [-0.3, -0.25) is 9.59 Å². The van der Waals surface area contributed by atoms with Crippen LogP contribution in [0.1, 0.15) is 96.5 Å². The first kappa shape index (κ1) is 43.6. The Bertz CT molecular complexity index is 2610. The molecule has 1 saturated carbocycles. The molecule has 7 nitrogen and oxygen atoms in total. The van der Waals surface area contributed by atoms with Gasteiger partial charge < -0.3 is 24.6 Å². The lowest BCUT2D eigenvalue weighted by molar-refractivity contribution is -0.140. The number of benzene rings is 6. The molecule has 7 heteroatoms. The van der Waals surface area contributed by atoms with Crippen LogP contribution in [0.2, 0.25) is 0 Å². The van der Waals surface area contributed by atoms with Gasteiger partial charge in [0.05, 0.1) is 38.9 Å². The SMILES string of the molecule is COc1ccc(CC(=O)N(Cc2cccc3ccccc23)CC2(O)CCC3c4ccc(cc4C(=O)c4ccc(-c5ccccc5)cc4)CC(O)CCC(C)=CCCC32C)cc1OC. The molecule has 63 heavy (non-hydrogen) atoms. The molecule has 2 bridgehead atoms. The van der Waals surface area contributed by atoms with Gasteiger partial charge in [0.15, 0.2) is 17.3 Å². The van der Waals surface area contributed by atoms with Crippen LogP contribution in [0.5, 0.6) is 11.5 Å². The molecule has 1 amide bonds. The van der Waals surface area contributed by atoms with Crippen molar-refractivity contribution in [3.05, 3.63) is 178 Å². The van der Waals surface area contributed by atoms with Crippen LogP contribution in [0, 0.1) is 5.41 Å². The highest BCUT2D eigenvalue weighted by Gasteiger charge is 2.57. The van der Waals surface area contributed by atoms with E-state index in [0.29, 0.717) is 67.7 Å². The number of ether oxygens (including phenoxy) is 2. The third-order valence-electron chi connectivity index (χ3n) is 14.0. The van der Waals surface area contributed by atoms with E-state index in [1.165, 1.54) is 5.57 Å². The molecule has 0 aliphatic heterocycles. The smallest absolute Gasteiger partial charge is 0.227 e. The van der Waals surface area contributed by atoms with E-state index in [-0.39, 0.29) is 30.6 Å². The Labute approximate surface area is 372 Å². The molecule has 6 aromatic carbocycles. The van der Waals surface area contributed by atoms with Gasteiger partial charge in [-0.05, 0) is 120 Å². The lowest BCUT2D eigenvalue weighted by Gasteiger charge is -2.46. The summed E-state index contributed by atoms with van der Waals surface area (Å²) in [5, 5.41) is 26.8. The minimum atomic E-state index is -1.30. The molecule has 0 radical (unpaired) electrons. The van der Waals surface area contributed by atoms with E-state index in [0.717, 1.165) is 50.6 Å². The highest BCUT2D eigenvalue weighted by molar-refractivity contribution is 6.10. The van der Waals surface area contributed by atoms with Gasteiger partial charge in [-0.2, -0.15) is 0 Å². The predicted molar refractivity (Wildman–Crippen MR) is 251 cm³/mol. The van der Waals surface area contributed by atoms with Gasteiger partial charge in [-0.25, -0.2) is 0 Å². The number of aliphatic hydroxyl groups excluding tert-OH is 1. The van der Waals surface area contributed by atoms with Crippen LogP contribution in [-0.2, 0) is 24.2 Å². The first-order chi connectivity index (χ1) is 30.5. The molecule has 3 aliphatic rings. The van der Waals surface area contributed by atoms with Gasteiger partial charge in [0.2, 0.25) is 5.91 Å². The van der Waals surface area contributed by atoms with Crippen molar-refractivity contribution >= 4 is 22.5 Å². The number of hydrogen-bond acceptors (Lipinski definition) is 6. The third kappa shape index (κ3) is 9.22. The van der Waals surface area contributed by atoms with Gasteiger partial charge in [0.25, 0.3) is 0 Å². The maximum absolute atomic E-state index is 14.9. The number of amides is 1. The van der Waals surface area contributed by atoms with E-state index in [4.69, 9.17) is 9.47 Å². The number of rotatable bonds is 11. The summed E-state index contributed by atoms with van der Waals surface area (Å²) >= 11 is 0. The van der Waals surface area contributed by atoms with E-state index in [9.17, 15) is 19.8 Å². The molecular weight excluding hydrogens is 783 g/mol. The molecule has 4 unspecified atom stereocenters. The van der Waals surface area contributed by atoms with Crippen molar-refractivity contribution in [3.8, 4) is 22.6 Å². The highest BCUT2D eigenvalue weighted by atomic mass is 16.5. The fourth-order valence-electron chi connectivity index (χ4n) is 10.3. The predicted octanol–water partition coefficient (Wildman–Crippen LogP) is 11.1. The molecule has 6 aromatic rings. The summed E-state index contributed by atoms with van der Waals surface area (Å²) in [5.41, 5.74) is 6.07. The summed E-state index contributed by atoms with van der Waals surface area (Å²) in [6.07, 6.45) is 6.07. The molecule has 4 atom stereocenters. The van der Waals surface area contributed by atoms with Crippen LogP contribution in [0.15, 0.2) is 145 Å². The van der Waals surface area contributed by atoms with E-state index < -0.39 is 17.1 Å². The fraction of sp³-hybridized carbons (Fsp3) is 0.321. The van der Waals surface area contributed by atoms with Crippen LogP contribution < -0.4 is 9.47 Å². The zero-order valence-corrected chi connectivity index (χ0v) is 37.0. The summed E-state index contributed by atoms with van der Waals surface area (Å²) in [4.78, 5) is 31.5. The number of carbonyl (C=O) groups is 2. The largest absolute Gasteiger partial charge is 0.493 e. The van der Waals surface area contributed by atoms with Crippen LogP contribution >= 0.6 is 0 Å². The number of allylic oxidation sites excluding steroid dienone is 2. The van der Waals surface area contributed by atoms with Crippen LogP contribution in [0.4, 0.5) is 0 Å². The monoisotopic (exact) mass is 841 g/mol. The Kier molecular flexibility index (Phi) is 13.0. The van der Waals surface area contributed by atoms with Crippen molar-refractivity contribution in [1.82, 2.24) is 4.90 Å². The second kappa shape index (κ2) is 18.8. The van der Waals surface area contributed by atoms with Crippen molar-refractivity contribution in [3.63, 3.8) is 0 Å². The van der Waals surface area contributed by atoms with Crippen LogP contribution in [-0.4, -0.2) is 59.3 Å². The van der Waals surface area contributed by atoms with Crippen molar-refractivity contribution in [2.45, 2.75) is 89.4 Å². The molecule has 9 rings (SSSR count). The van der Waals surface area contributed by atoms with Gasteiger partial charge in [-0.1, -0.05) is 134 Å². The van der Waals surface area contributed by atoms with Crippen LogP contribution in [0.3, 0.4) is 0 Å². The number of hydrogen-bond donors (Lipinski definition) is 2. The number of ketones is 1. The fourth-order valence-corrected chi connectivity index (χ4v) is 10.3. The molecule has 2 N–H and O–H groups in total. The number of fused-ring (bicyclic) bond motifs is 9. The highest BCUT2D eigenvalue weighted by Crippen LogP contribution is 2.59. The Hall–Kier alpha value is -6.02. The number of carbonyl (C=O) groups excluding carboxylic acids is 2. The summed E-state index contributed by atoms with van der Waals surface area (Å²) in [6, 6.07) is 44.0. The maximum Gasteiger partial charge on any atom is 0.227 e. The molecule has 0 spiro atoms. The summed E-state index contributed by atoms with van der Waals surface area (Å²) in [7, 11) is 3.18. The molecule has 324 valence electrons. The normalized spacial score (nSPS) is 21.3. The number of methoxy groups -OCH3 is 2. The second-order valence-corrected chi connectivity index (χ2v) is 18.0. The Morgan fingerprint density at radius 1 is 0.778 bits per heavy atom. The Morgan fingerprint density at radius 3 is 2.29 bits per heavy atom. The molecule has 0 aromatic heterocycles. The van der Waals surface area contributed by atoms with Crippen molar-refractivity contribution in [2.24, 2.45) is 5.41 Å². The van der Waals surface area contributed by atoms with Crippen molar-refractivity contribution in [1.29, 1.82) is 0 Å². The van der Waals surface area contributed by atoms with Gasteiger partial charge in [0, 0.05) is 23.1 Å². The van der Waals surface area contributed by atoms with E-state index in [1.54, 1.807) is 14.2 Å². The lowest BCUT2D eigenvalue weighted by Crippen LogP contribution is -2.53. The Balaban J connectivity index is 1.19. The van der Waals surface area contributed by atoms with E-state index >= 15 is 0 Å². The number of aliphatic hydroxyl groups is 2. The maximum atomic E-state index is 14.9. The topological polar surface area (TPSA) is 96.3 Å². The molecule has 0 heterocycles. The van der Waals surface area contributed by atoms with Crippen molar-refractivity contribution < 1.29 is 29.3 Å². The molecular formula is C56H59NO6. The Morgan fingerprint density at radius 2 is 1.51 bits per heavy atom. The van der Waals surface area contributed by atoms with Gasteiger partial charge in [0.1, 0.15) is 0 Å². The minimum absolute atomic E-state index is 0.0794. The minimum Gasteiger partial charge on any atom is -0.493 e. The molecule has 3 aliphatic carbocycles. The first-order valence-corrected chi connectivity index (χ1v) is 22.3. The van der Waals surface area contributed by atoms with Gasteiger partial charge >= 0.3 is 0 Å². The third-order valence-corrected chi connectivity index (χ3v) is 14.0. The zero-order valence-electron chi connectivity index (χ0n) is 37.0. The standard InChI is InChI=1S/C56H59NO6/c1-38-12-11-30-55(2)50(48-27-20-39(32-46(58)26-19-38)33-49(48)54(60)44-24-22-42(23-25-44)41-13-6-5-7-14-41)29-31-56(55,61)37-57(36-45-17-10-16-43-15-8-9-18-47(43)45)53(59)35-40-21-28-51(62-3)52(34-40)63-4/h5-10,12-18,20-25,27-28,33-34,46,50,58,61H,11,19,26,29-32,35-37H2,1-4H3. The molecule has 0 saturated heterocycles. The first-order valence-electron chi connectivity index (χ1n) is 22.3. The second-order valence-electron chi connectivity index (χ2n) is 18.0. The van der Waals surface area contributed by atoms with Crippen molar-refractivity contribution in [2.75, 3.05) is 20.8 Å². The average molecular weight is 842 g/mol. The number of nitrogens with zero attached hydrogens (tertiary/aromatic N) is 1. The van der Waals surface area contributed by atoms with Crippen LogP contribution in [0.25, 0.3) is 21.9 Å². The summed E-state index contributed by atoms with van der Waals surface area (Å²) in [5.74, 6) is 0.759. The zero-order chi connectivity index (χ0) is 44.1. The molecule has 1 fully saturated rings. The lowest BCUT2D eigenvalue weighted by atomic mass is 9.64. The summed E-state index contributed by atoms with van der Waals surface area (Å²) in [6.45, 7) is 4.72. The van der Waals surface area contributed by atoms with E-state index in [1.807, 2.05) is 89.8 Å². The van der Waals surface area contributed by atoms with E-state index in [2.05, 4.69) is 68.5 Å². The summed E-state index contributed by atoms with van der Waals surface area (Å²) < 4.78 is 11.1. The average Bonchev–Trinajstić information content (AvgIpc) is 3.56.